The molecule has 2 rings (SSSR count). The third kappa shape index (κ3) is 2.68. The summed E-state index contributed by atoms with van der Waals surface area (Å²) in [6.45, 7) is 0. The van der Waals surface area contributed by atoms with E-state index in [-0.39, 0.29) is 5.82 Å². The molecular formula is C11H10F3N3O2. The topological polar surface area (TPSA) is 74.2 Å². The van der Waals surface area contributed by atoms with Crippen LogP contribution in [0.4, 0.5) is 13.2 Å². The molecule has 0 radical (unpaired) electrons. The molecule has 0 saturated carbocycles. The highest BCUT2D eigenvalue weighted by Crippen LogP contribution is 2.30. The SMILES string of the molecule is COc1ccccc1C(N)c1noc(C(F)(F)F)n1. The van der Waals surface area contributed by atoms with Crippen molar-refractivity contribution >= 4 is 0 Å². The molecule has 2 N–H and O–H groups in total. The monoisotopic (exact) mass is 273 g/mol. The highest BCUT2D eigenvalue weighted by molar-refractivity contribution is 5.38. The van der Waals surface area contributed by atoms with Crippen molar-refractivity contribution in [3.63, 3.8) is 0 Å². The van der Waals surface area contributed by atoms with Crippen LogP contribution in [0, 0.1) is 0 Å². The van der Waals surface area contributed by atoms with Crippen molar-refractivity contribution in [3.05, 3.63) is 41.5 Å². The molecule has 1 unspecified atom stereocenters. The van der Waals surface area contributed by atoms with Gasteiger partial charge in [-0.3, -0.25) is 0 Å². The van der Waals surface area contributed by atoms with E-state index in [4.69, 9.17) is 10.5 Å². The van der Waals surface area contributed by atoms with Gasteiger partial charge in [-0.2, -0.15) is 18.2 Å². The summed E-state index contributed by atoms with van der Waals surface area (Å²) in [4.78, 5) is 3.25. The Bertz CT molecular complexity index is 568. The normalized spacial score (nSPS) is 13.3. The third-order valence-electron chi connectivity index (χ3n) is 2.44. The number of para-hydroxylation sites is 1. The van der Waals surface area contributed by atoms with Gasteiger partial charge in [-0.25, -0.2) is 0 Å². The number of ether oxygens (including phenoxy) is 1. The molecule has 0 aliphatic heterocycles. The van der Waals surface area contributed by atoms with Crippen LogP contribution in [0.2, 0.25) is 0 Å². The minimum absolute atomic E-state index is 0.253. The van der Waals surface area contributed by atoms with Gasteiger partial charge >= 0.3 is 12.1 Å². The summed E-state index contributed by atoms with van der Waals surface area (Å²) < 4.78 is 46.3. The number of methoxy groups -OCH3 is 1. The predicted molar refractivity (Wildman–Crippen MR) is 58.3 cm³/mol. The smallest absolute Gasteiger partial charge is 0.471 e. The zero-order valence-corrected chi connectivity index (χ0v) is 9.81. The van der Waals surface area contributed by atoms with Crippen molar-refractivity contribution in [2.75, 3.05) is 7.11 Å². The van der Waals surface area contributed by atoms with Crippen LogP contribution in [-0.2, 0) is 6.18 Å². The molecule has 5 nitrogen and oxygen atoms in total. The quantitative estimate of drug-likeness (QED) is 0.927. The van der Waals surface area contributed by atoms with Crippen molar-refractivity contribution in [2.45, 2.75) is 12.2 Å². The lowest BCUT2D eigenvalue weighted by molar-refractivity contribution is -0.159. The van der Waals surface area contributed by atoms with Crippen LogP contribution in [-0.4, -0.2) is 17.3 Å². The molecule has 0 fully saturated rings. The van der Waals surface area contributed by atoms with Gasteiger partial charge in [0.2, 0.25) is 0 Å². The number of alkyl halides is 3. The van der Waals surface area contributed by atoms with Gasteiger partial charge in [-0.05, 0) is 6.07 Å². The van der Waals surface area contributed by atoms with Crippen LogP contribution in [0.1, 0.15) is 23.3 Å². The van der Waals surface area contributed by atoms with Gasteiger partial charge in [-0.1, -0.05) is 23.4 Å². The molecule has 0 spiro atoms. The van der Waals surface area contributed by atoms with Gasteiger partial charge in [0, 0.05) is 5.56 Å². The van der Waals surface area contributed by atoms with E-state index in [1.54, 1.807) is 24.3 Å². The minimum Gasteiger partial charge on any atom is -0.496 e. The fourth-order valence-electron chi connectivity index (χ4n) is 1.54. The number of hydrogen-bond donors (Lipinski definition) is 1. The van der Waals surface area contributed by atoms with Gasteiger partial charge < -0.3 is 15.0 Å². The summed E-state index contributed by atoms with van der Waals surface area (Å²) in [7, 11) is 1.43. The third-order valence-corrected chi connectivity index (χ3v) is 2.44. The molecule has 0 amide bonds. The predicted octanol–water partition coefficient (Wildman–Crippen LogP) is 2.15. The number of halogens is 3. The Labute approximate surface area is 106 Å². The zero-order chi connectivity index (χ0) is 14.0. The first-order chi connectivity index (χ1) is 8.93. The van der Waals surface area contributed by atoms with Crippen molar-refractivity contribution in [1.82, 2.24) is 10.1 Å². The zero-order valence-electron chi connectivity index (χ0n) is 9.81. The maximum absolute atomic E-state index is 12.4. The largest absolute Gasteiger partial charge is 0.496 e. The second-order valence-corrected chi connectivity index (χ2v) is 3.68. The van der Waals surface area contributed by atoms with Crippen LogP contribution in [0.15, 0.2) is 28.8 Å². The Balaban J connectivity index is 2.34. The number of rotatable bonds is 3. The molecule has 0 aliphatic rings. The first-order valence-electron chi connectivity index (χ1n) is 5.22. The molecule has 1 aromatic heterocycles. The first-order valence-corrected chi connectivity index (χ1v) is 5.22. The Morgan fingerprint density at radius 2 is 2.00 bits per heavy atom. The second-order valence-electron chi connectivity index (χ2n) is 3.68. The number of nitrogens with zero attached hydrogens (tertiary/aromatic N) is 2. The summed E-state index contributed by atoms with van der Waals surface area (Å²) in [6, 6.07) is 5.69. The number of nitrogens with two attached hydrogens (primary N) is 1. The number of hydrogen-bond acceptors (Lipinski definition) is 5. The van der Waals surface area contributed by atoms with Crippen LogP contribution < -0.4 is 10.5 Å². The Morgan fingerprint density at radius 3 is 2.58 bits per heavy atom. The minimum atomic E-state index is -4.69. The summed E-state index contributed by atoms with van der Waals surface area (Å²) in [6.07, 6.45) is -4.69. The lowest BCUT2D eigenvalue weighted by Gasteiger charge is -2.11. The maximum atomic E-state index is 12.4. The van der Waals surface area contributed by atoms with Gasteiger partial charge in [0.25, 0.3) is 0 Å². The van der Waals surface area contributed by atoms with E-state index in [0.29, 0.717) is 11.3 Å². The van der Waals surface area contributed by atoms with E-state index in [1.807, 2.05) is 0 Å². The van der Waals surface area contributed by atoms with Gasteiger partial charge in [-0.15, -0.1) is 0 Å². The van der Waals surface area contributed by atoms with E-state index in [9.17, 15) is 13.2 Å². The highest BCUT2D eigenvalue weighted by Gasteiger charge is 2.39. The first kappa shape index (κ1) is 13.3. The summed E-state index contributed by atoms with van der Waals surface area (Å²) >= 11 is 0. The van der Waals surface area contributed by atoms with Gasteiger partial charge in [0.15, 0.2) is 5.82 Å². The van der Waals surface area contributed by atoms with E-state index < -0.39 is 18.1 Å². The fourth-order valence-corrected chi connectivity index (χ4v) is 1.54. The standard InChI is InChI=1S/C11H10F3N3O2/c1-18-7-5-3-2-4-6(7)8(15)9-16-10(19-17-9)11(12,13)14/h2-5,8H,15H2,1H3. The molecule has 0 aliphatic carbocycles. The van der Waals surface area contributed by atoms with E-state index in [1.165, 1.54) is 7.11 Å². The molecule has 0 bridgehead atoms. The average molecular weight is 273 g/mol. The number of aromatic nitrogens is 2. The molecule has 1 aromatic carbocycles. The van der Waals surface area contributed by atoms with Crippen molar-refractivity contribution in [2.24, 2.45) is 5.73 Å². The molecule has 1 heterocycles. The molecule has 19 heavy (non-hydrogen) atoms. The molecule has 2 aromatic rings. The van der Waals surface area contributed by atoms with Crippen molar-refractivity contribution < 1.29 is 22.4 Å². The molecule has 0 saturated heterocycles. The summed E-state index contributed by atoms with van der Waals surface area (Å²) in [5.41, 5.74) is 6.29. The van der Waals surface area contributed by atoms with E-state index in [2.05, 4.69) is 14.7 Å². The van der Waals surface area contributed by atoms with Crippen LogP contribution >= 0.6 is 0 Å². The maximum Gasteiger partial charge on any atom is 0.471 e. The Hall–Kier alpha value is -2.09. The number of benzene rings is 1. The lowest BCUT2D eigenvalue weighted by atomic mass is 10.1. The van der Waals surface area contributed by atoms with Crippen molar-refractivity contribution in [1.29, 1.82) is 0 Å². The van der Waals surface area contributed by atoms with E-state index in [0.717, 1.165) is 0 Å². The second kappa shape index (κ2) is 4.88. The molecule has 102 valence electrons. The van der Waals surface area contributed by atoms with Crippen LogP contribution in [0.5, 0.6) is 5.75 Å². The average Bonchev–Trinajstić information content (AvgIpc) is 2.87. The van der Waals surface area contributed by atoms with Gasteiger partial charge in [0.1, 0.15) is 5.75 Å². The molecule has 1 atom stereocenters. The molecule has 8 heteroatoms. The summed E-state index contributed by atoms with van der Waals surface area (Å²) in [5.74, 6) is -1.24. The Kier molecular flexibility index (Phi) is 3.43. The fraction of sp³-hybridized carbons (Fsp3) is 0.273. The summed E-state index contributed by atoms with van der Waals surface area (Å²) in [5, 5.41) is 3.25. The highest BCUT2D eigenvalue weighted by atomic mass is 19.4. The Morgan fingerprint density at radius 1 is 1.32 bits per heavy atom. The van der Waals surface area contributed by atoms with Gasteiger partial charge in [0.05, 0.1) is 13.2 Å². The lowest BCUT2D eigenvalue weighted by Crippen LogP contribution is -2.15. The van der Waals surface area contributed by atoms with Crippen LogP contribution in [0.25, 0.3) is 0 Å². The van der Waals surface area contributed by atoms with Crippen molar-refractivity contribution in [3.8, 4) is 5.75 Å². The van der Waals surface area contributed by atoms with Crippen LogP contribution in [0.3, 0.4) is 0 Å². The molecular weight excluding hydrogens is 263 g/mol. The van der Waals surface area contributed by atoms with E-state index >= 15 is 0 Å².